The van der Waals surface area contributed by atoms with E-state index in [1.54, 1.807) is 77.0 Å². The van der Waals surface area contributed by atoms with Crippen LogP contribution in [0.4, 0.5) is 0 Å². The first-order valence-electron chi connectivity index (χ1n) is 11.4. The summed E-state index contributed by atoms with van der Waals surface area (Å²) in [5.74, 6) is 1.72. The van der Waals surface area contributed by atoms with Crippen LogP contribution in [0.1, 0.15) is 36.8 Å². The van der Waals surface area contributed by atoms with E-state index >= 15 is 0 Å². The predicted octanol–water partition coefficient (Wildman–Crippen LogP) is 4.51. The summed E-state index contributed by atoms with van der Waals surface area (Å²) >= 11 is 0. The van der Waals surface area contributed by atoms with E-state index in [4.69, 9.17) is 18.9 Å². The largest absolute Gasteiger partial charge is 0.493 e. The number of aliphatic hydroxyl groups is 1. The predicted molar refractivity (Wildman–Crippen MR) is 134 cm³/mol. The highest BCUT2D eigenvalue weighted by atomic mass is 16.5. The Morgan fingerprint density at radius 3 is 1.51 bits per heavy atom. The van der Waals surface area contributed by atoms with Crippen LogP contribution in [0.25, 0.3) is 12.2 Å². The molecule has 2 aromatic rings. The van der Waals surface area contributed by atoms with Gasteiger partial charge in [-0.2, -0.15) is 0 Å². The van der Waals surface area contributed by atoms with Gasteiger partial charge in [-0.05, 0) is 73.2 Å². The Hall–Kier alpha value is -3.58. The average molecular weight is 481 g/mol. The fraction of sp³-hybridized carbons (Fsp3) is 0.357. The monoisotopic (exact) mass is 480 g/mol. The van der Waals surface area contributed by atoms with Gasteiger partial charge < -0.3 is 24.1 Å². The molecule has 0 aromatic heterocycles. The number of carbonyl (C=O) groups is 2. The van der Waals surface area contributed by atoms with Crippen LogP contribution in [0.2, 0.25) is 0 Å². The number of ether oxygens (including phenoxy) is 4. The van der Waals surface area contributed by atoms with Crippen molar-refractivity contribution in [3.8, 4) is 23.0 Å². The smallest absolute Gasteiger partial charge is 0.169 e. The summed E-state index contributed by atoms with van der Waals surface area (Å²) in [4.78, 5) is 26.8. The summed E-state index contributed by atoms with van der Waals surface area (Å²) in [5.41, 5.74) is 0.282. The maximum Gasteiger partial charge on any atom is 0.169 e. The number of methoxy groups -OCH3 is 4. The van der Waals surface area contributed by atoms with Gasteiger partial charge in [0.15, 0.2) is 34.6 Å². The van der Waals surface area contributed by atoms with E-state index in [9.17, 15) is 14.7 Å². The van der Waals surface area contributed by atoms with Crippen molar-refractivity contribution in [2.45, 2.75) is 31.8 Å². The summed E-state index contributed by atoms with van der Waals surface area (Å²) in [6.07, 6.45) is 7.09. The molecule has 0 atom stereocenters. The Morgan fingerprint density at radius 2 is 1.14 bits per heavy atom. The summed E-state index contributed by atoms with van der Waals surface area (Å²) in [6, 6.07) is 10.7. The van der Waals surface area contributed by atoms with Crippen LogP contribution in [0.3, 0.4) is 0 Å². The fourth-order valence-corrected chi connectivity index (χ4v) is 4.29. The molecule has 0 unspecified atom stereocenters. The highest BCUT2D eigenvalue weighted by Gasteiger charge is 2.45. The van der Waals surface area contributed by atoms with Crippen LogP contribution >= 0.6 is 0 Å². The molecule has 1 N–H and O–H groups in total. The number of hydrogen-bond donors (Lipinski definition) is 1. The van der Waals surface area contributed by atoms with Crippen molar-refractivity contribution in [3.63, 3.8) is 0 Å². The molecule has 0 aliphatic heterocycles. The summed E-state index contributed by atoms with van der Waals surface area (Å²) in [6.45, 7) is 0. The zero-order valence-corrected chi connectivity index (χ0v) is 20.6. The molecule has 1 aliphatic rings. The highest BCUT2D eigenvalue weighted by Crippen LogP contribution is 2.40. The Balaban J connectivity index is 1.86. The van der Waals surface area contributed by atoms with E-state index in [0.717, 1.165) is 11.1 Å². The number of carbonyl (C=O) groups excluding carboxylic acids is 2. The van der Waals surface area contributed by atoms with Crippen molar-refractivity contribution in [2.75, 3.05) is 28.4 Å². The highest BCUT2D eigenvalue weighted by molar-refractivity contribution is 6.17. The molecule has 0 heterocycles. The maximum atomic E-state index is 13.4. The van der Waals surface area contributed by atoms with Crippen molar-refractivity contribution in [1.82, 2.24) is 0 Å². The van der Waals surface area contributed by atoms with Gasteiger partial charge in [0.2, 0.25) is 0 Å². The van der Waals surface area contributed by atoms with Crippen molar-refractivity contribution < 1.29 is 33.6 Å². The van der Waals surface area contributed by atoms with Gasteiger partial charge in [-0.3, -0.25) is 9.59 Å². The van der Waals surface area contributed by atoms with Crippen LogP contribution in [-0.4, -0.2) is 51.2 Å². The second-order valence-electron chi connectivity index (χ2n) is 8.44. The van der Waals surface area contributed by atoms with Gasteiger partial charge in [0.05, 0.1) is 40.0 Å². The molecule has 1 saturated carbocycles. The van der Waals surface area contributed by atoms with Gasteiger partial charge in [0, 0.05) is 0 Å². The lowest BCUT2D eigenvalue weighted by atomic mass is 9.67. The molecular weight excluding hydrogens is 448 g/mol. The number of rotatable bonds is 10. The molecule has 7 heteroatoms. The lowest BCUT2D eigenvalue weighted by molar-refractivity contribution is -0.138. The molecule has 1 fully saturated rings. The van der Waals surface area contributed by atoms with Crippen LogP contribution in [0.15, 0.2) is 48.6 Å². The van der Waals surface area contributed by atoms with Crippen LogP contribution in [-0.2, 0) is 9.59 Å². The Labute approximate surface area is 206 Å². The zero-order chi connectivity index (χ0) is 25.4. The zero-order valence-electron chi connectivity index (χ0n) is 20.6. The van der Waals surface area contributed by atoms with Crippen LogP contribution in [0.5, 0.6) is 23.0 Å². The Morgan fingerprint density at radius 1 is 0.743 bits per heavy atom. The number of hydrogen-bond acceptors (Lipinski definition) is 7. The molecule has 0 amide bonds. The minimum absolute atomic E-state index is 0.277. The first kappa shape index (κ1) is 26.0. The molecule has 0 bridgehead atoms. The third-order valence-electron chi connectivity index (χ3n) is 6.42. The third-order valence-corrected chi connectivity index (χ3v) is 6.42. The molecule has 35 heavy (non-hydrogen) atoms. The van der Waals surface area contributed by atoms with Gasteiger partial charge in [-0.1, -0.05) is 24.3 Å². The van der Waals surface area contributed by atoms with Gasteiger partial charge in [0.25, 0.3) is 0 Å². The Kier molecular flexibility index (Phi) is 8.71. The topological polar surface area (TPSA) is 91.3 Å². The van der Waals surface area contributed by atoms with E-state index in [1.165, 1.54) is 12.2 Å². The molecule has 7 nitrogen and oxygen atoms in total. The Bertz CT molecular complexity index is 1030. The van der Waals surface area contributed by atoms with E-state index in [2.05, 4.69) is 0 Å². The van der Waals surface area contributed by atoms with Gasteiger partial charge >= 0.3 is 0 Å². The first-order valence-corrected chi connectivity index (χ1v) is 11.4. The number of aliphatic hydroxyl groups excluding tert-OH is 1. The van der Waals surface area contributed by atoms with Gasteiger partial charge in [-0.15, -0.1) is 0 Å². The van der Waals surface area contributed by atoms with Crippen molar-refractivity contribution in [3.05, 3.63) is 59.7 Å². The second kappa shape index (κ2) is 11.7. The second-order valence-corrected chi connectivity index (χ2v) is 8.44. The lowest BCUT2D eigenvalue weighted by Gasteiger charge is -2.34. The fourth-order valence-electron chi connectivity index (χ4n) is 4.29. The maximum absolute atomic E-state index is 13.4. The third kappa shape index (κ3) is 5.92. The van der Waals surface area contributed by atoms with Crippen LogP contribution < -0.4 is 18.9 Å². The molecule has 1 aliphatic carbocycles. The molecule has 186 valence electrons. The van der Waals surface area contributed by atoms with Crippen molar-refractivity contribution in [2.24, 2.45) is 5.41 Å². The molecule has 0 saturated heterocycles. The van der Waals surface area contributed by atoms with Crippen molar-refractivity contribution >= 4 is 23.7 Å². The lowest BCUT2D eigenvalue weighted by Crippen LogP contribution is -2.42. The summed E-state index contributed by atoms with van der Waals surface area (Å²) in [7, 11) is 6.20. The van der Waals surface area contributed by atoms with Crippen LogP contribution in [0, 0.1) is 5.41 Å². The SMILES string of the molecule is COc1ccc(/C=C/C(=O)C2(C(=O)/C=C/c3ccc(OC)c(OC)c3)CCC(O)CC2)cc1OC. The molecule has 3 rings (SSSR count). The van der Waals surface area contributed by atoms with E-state index in [1.807, 2.05) is 0 Å². The quantitative estimate of drug-likeness (QED) is 0.395. The molecule has 0 radical (unpaired) electrons. The number of allylic oxidation sites excluding steroid dienone is 2. The van der Waals surface area contributed by atoms with Gasteiger partial charge in [-0.25, -0.2) is 0 Å². The normalized spacial score (nSPS) is 15.8. The van der Waals surface area contributed by atoms with E-state index in [0.29, 0.717) is 48.7 Å². The first-order chi connectivity index (χ1) is 16.9. The van der Waals surface area contributed by atoms with Crippen molar-refractivity contribution in [1.29, 1.82) is 0 Å². The standard InChI is InChI=1S/C28H32O7/c1-32-22-9-5-19(17-24(22)34-3)7-11-26(30)28(15-13-21(29)14-16-28)27(31)12-8-20-6-10-23(33-2)25(18-20)35-4/h5-12,17-18,21,29H,13-16H2,1-4H3/b11-7+,12-8+. The molecule has 0 spiro atoms. The van der Waals surface area contributed by atoms with Gasteiger partial charge in [0.1, 0.15) is 0 Å². The average Bonchev–Trinajstić information content (AvgIpc) is 2.90. The minimum Gasteiger partial charge on any atom is -0.493 e. The molecule has 2 aromatic carbocycles. The minimum atomic E-state index is -1.21. The van der Waals surface area contributed by atoms with E-state index in [-0.39, 0.29) is 11.6 Å². The van der Waals surface area contributed by atoms with E-state index < -0.39 is 11.5 Å². The molecular formula is C28H32O7. The summed E-state index contributed by atoms with van der Waals surface area (Å²) in [5, 5.41) is 10.0. The number of ketones is 2. The number of benzene rings is 2. The summed E-state index contributed by atoms with van der Waals surface area (Å²) < 4.78 is 21.2.